The summed E-state index contributed by atoms with van der Waals surface area (Å²) in [5.74, 6) is 1.22. The first-order chi connectivity index (χ1) is 11.2. The maximum atomic E-state index is 8.50. The van der Waals surface area contributed by atoms with Gasteiger partial charge in [0.15, 0.2) is 0 Å². The summed E-state index contributed by atoms with van der Waals surface area (Å²) in [5, 5.41) is 11.5. The van der Waals surface area contributed by atoms with Crippen LogP contribution in [0.2, 0.25) is 0 Å². The van der Waals surface area contributed by atoms with Gasteiger partial charge in [-0.25, -0.2) is 4.98 Å². The third-order valence-electron chi connectivity index (χ3n) is 4.47. The standard InChI is InChI=1S/C19H22N4/c1-22-18-12-15(9-10-23-18)19(21)16-8-7-14(11-17(16)20)13-5-3-2-4-6-13/h2-6,9-10,12,14,21H,7-8,11,20H2,1H3,(H,22,23). The van der Waals surface area contributed by atoms with Crippen molar-refractivity contribution >= 4 is 11.5 Å². The summed E-state index contributed by atoms with van der Waals surface area (Å²) in [7, 11) is 1.83. The normalized spacial score (nSPS) is 17.9. The van der Waals surface area contributed by atoms with Crippen molar-refractivity contribution < 1.29 is 0 Å². The van der Waals surface area contributed by atoms with Crippen molar-refractivity contribution in [3.8, 4) is 0 Å². The van der Waals surface area contributed by atoms with Gasteiger partial charge in [-0.2, -0.15) is 0 Å². The molecular formula is C19H22N4. The molecule has 0 saturated carbocycles. The molecule has 2 aromatic rings. The van der Waals surface area contributed by atoms with E-state index in [1.165, 1.54) is 5.56 Å². The molecule has 23 heavy (non-hydrogen) atoms. The lowest BCUT2D eigenvalue weighted by Crippen LogP contribution is -2.19. The third-order valence-corrected chi connectivity index (χ3v) is 4.47. The Hall–Kier alpha value is -2.62. The molecule has 0 bridgehead atoms. The highest BCUT2D eigenvalue weighted by molar-refractivity contribution is 6.11. The molecule has 1 aromatic heterocycles. The molecule has 0 radical (unpaired) electrons. The highest BCUT2D eigenvalue weighted by Crippen LogP contribution is 2.35. The summed E-state index contributed by atoms with van der Waals surface area (Å²) >= 11 is 0. The number of aromatic nitrogens is 1. The lowest BCUT2D eigenvalue weighted by molar-refractivity contribution is 0.583. The smallest absolute Gasteiger partial charge is 0.126 e. The molecule has 0 spiro atoms. The van der Waals surface area contributed by atoms with E-state index in [4.69, 9.17) is 11.1 Å². The van der Waals surface area contributed by atoms with Crippen molar-refractivity contribution in [1.29, 1.82) is 5.41 Å². The van der Waals surface area contributed by atoms with Gasteiger partial charge in [0.2, 0.25) is 0 Å². The van der Waals surface area contributed by atoms with E-state index in [1.54, 1.807) is 6.20 Å². The summed E-state index contributed by atoms with van der Waals surface area (Å²) < 4.78 is 0. The second-order valence-corrected chi connectivity index (χ2v) is 5.91. The minimum atomic E-state index is 0.457. The Labute approximate surface area is 137 Å². The molecule has 3 rings (SSSR count). The molecule has 1 aliphatic rings. The van der Waals surface area contributed by atoms with Crippen LogP contribution in [0.1, 0.15) is 36.3 Å². The monoisotopic (exact) mass is 306 g/mol. The summed E-state index contributed by atoms with van der Waals surface area (Å²) in [6, 6.07) is 14.3. The quantitative estimate of drug-likeness (QED) is 0.754. The number of nitrogens with one attached hydrogen (secondary N) is 2. The van der Waals surface area contributed by atoms with Gasteiger partial charge in [-0.15, -0.1) is 0 Å². The maximum absolute atomic E-state index is 8.50. The van der Waals surface area contributed by atoms with Crippen molar-refractivity contribution in [1.82, 2.24) is 4.98 Å². The van der Waals surface area contributed by atoms with E-state index in [1.807, 2.05) is 25.2 Å². The Bertz CT molecular complexity index is 734. The minimum absolute atomic E-state index is 0.457. The van der Waals surface area contributed by atoms with E-state index in [2.05, 4.69) is 34.6 Å². The van der Waals surface area contributed by atoms with Gasteiger partial charge in [-0.05, 0) is 48.4 Å². The topological polar surface area (TPSA) is 74.8 Å². The van der Waals surface area contributed by atoms with Crippen LogP contribution in [0, 0.1) is 5.41 Å². The Morgan fingerprint density at radius 2 is 2.04 bits per heavy atom. The zero-order chi connectivity index (χ0) is 16.2. The Morgan fingerprint density at radius 1 is 1.26 bits per heavy atom. The second kappa shape index (κ2) is 6.65. The molecule has 1 atom stereocenters. The van der Waals surface area contributed by atoms with Crippen molar-refractivity contribution in [2.75, 3.05) is 12.4 Å². The number of nitrogens with two attached hydrogens (primary N) is 1. The molecule has 1 aliphatic carbocycles. The molecule has 4 N–H and O–H groups in total. The fourth-order valence-corrected chi connectivity index (χ4v) is 3.16. The van der Waals surface area contributed by atoms with Gasteiger partial charge in [0.1, 0.15) is 5.82 Å². The number of allylic oxidation sites excluding steroid dienone is 2. The minimum Gasteiger partial charge on any atom is -0.402 e. The number of benzene rings is 1. The van der Waals surface area contributed by atoms with Gasteiger partial charge in [0, 0.05) is 24.5 Å². The lowest BCUT2D eigenvalue weighted by Gasteiger charge is -2.26. The lowest BCUT2D eigenvalue weighted by atomic mass is 9.80. The van der Waals surface area contributed by atoms with E-state index in [9.17, 15) is 0 Å². The summed E-state index contributed by atoms with van der Waals surface area (Å²) in [6.07, 6.45) is 4.43. The number of hydrogen-bond acceptors (Lipinski definition) is 4. The van der Waals surface area contributed by atoms with Gasteiger partial charge in [0.25, 0.3) is 0 Å². The summed E-state index contributed by atoms with van der Waals surface area (Å²) in [6.45, 7) is 0. The zero-order valence-corrected chi connectivity index (χ0v) is 13.3. The number of pyridine rings is 1. The molecule has 118 valence electrons. The van der Waals surface area contributed by atoms with Gasteiger partial charge >= 0.3 is 0 Å². The van der Waals surface area contributed by atoms with Gasteiger partial charge < -0.3 is 11.1 Å². The molecule has 0 saturated heterocycles. The first-order valence-corrected chi connectivity index (χ1v) is 7.94. The average molecular weight is 306 g/mol. The van der Waals surface area contributed by atoms with Crippen LogP contribution < -0.4 is 11.1 Å². The zero-order valence-electron chi connectivity index (χ0n) is 13.3. The summed E-state index contributed by atoms with van der Waals surface area (Å²) in [4.78, 5) is 4.20. The predicted octanol–water partition coefficient (Wildman–Crippen LogP) is 3.67. The fraction of sp³-hybridized carbons (Fsp3) is 0.263. The maximum Gasteiger partial charge on any atom is 0.126 e. The molecule has 0 fully saturated rings. The van der Waals surface area contributed by atoms with Crippen LogP contribution in [0.3, 0.4) is 0 Å². The van der Waals surface area contributed by atoms with Crippen LogP contribution in [0.25, 0.3) is 0 Å². The Kier molecular flexibility index (Phi) is 4.42. The molecule has 4 nitrogen and oxygen atoms in total. The first-order valence-electron chi connectivity index (χ1n) is 7.94. The van der Waals surface area contributed by atoms with Crippen molar-refractivity contribution in [3.63, 3.8) is 0 Å². The molecule has 1 unspecified atom stereocenters. The van der Waals surface area contributed by atoms with Crippen molar-refractivity contribution in [2.45, 2.75) is 25.2 Å². The Balaban J connectivity index is 1.82. The van der Waals surface area contributed by atoms with Gasteiger partial charge in [-0.3, -0.25) is 5.41 Å². The predicted molar refractivity (Wildman–Crippen MR) is 94.9 cm³/mol. The molecule has 0 aliphatic heterocycles. The van der Waals surface area contributed by atoms with Crippen molar-refractivity contribution in [3.05, 3.63) is 71.1 Å². The van der Waals surface area contributed by atoms with Crippen LogP contribution in [0.5, 0.6) is 0 Å². The van der Waals surface area contributed by atoms with Crippen LogP contribution in [-0.4, -0.2) is 17.7 Å². The molecule has 0 amide bonds. The number of nitrogens with zero attached hydrogens (tertiary/aromatic N) is 1. The average Bonchev–Trinajstić information content (AvgIpc) is 2.62. The van der Waals surface area contributed by atoms with Crippen molar-refractivity contribution in [2.24, 2.45) is 5.73 Å². The van der Waals surface area contributed by atoms with Crippen LogP contribution in [-0.2, 0) is 0 Å². The third kappa shape index (κ3) is 3.26. The van der Waals surface area contributed by atoms with E-state index >= 15 is 0 Å². The molecule has 1 aromatic carbocycles. The molecule has 4 heteroatoms. The molecular weight excluding hydrogens is 284 g/mol. The van der Waals surface area contributed by atoms with Crippen LogP contribution in [0.15, 0.2) is 59.9 Å². The number of hydrogen-bond donors (Lipinski definition) is 3. The van der Waals surface area contributed by atoms with E-state index < -0.39 is 0 Å². The van der Waals surface area contributed by atoms with Crippen LogP contribution >= 0.6 is 0 Å². The van der Waals surface area contributed by atoms with Gasteiger partial charge in [-0.1, -0.05) is 30.3 Å². The SMILES string of the molecule is CNc1cc(C(=N)C2=C(N)CC(c3ccccc3)CC2)ccn1. The van der Waals surface area contributed by atoms with Crippen LogP contribution in [0.4, 0.5) is 5.82 Å². The number of rotatable bonds is 4. The highest BCUT2D eigenvalue weighted by Gasteiger charge is 2.23. The second-order valence-electron chi connectivity index (χ2n) is 5.91. The highest BCUT2D eigenvalue weighted by atomic mass is 14.9. The Morgan fingerprint density at radius 3 is 2.74 bits per heavy atom. The van der Waals surface area contributed by atoms with E-state index in [-0.39, 0.29) is 0 Å². The number of anilines is 1. The summed E-state index contributed by atoms with van der Waals surface area (Å²) in [5.41, 5.74) is 10.9. The van der Waals surface area contributed by atoms with E-state index in [0.29, 0.717) is 11.6 Å². The van der Waals surface area contributed by atoms with Gasteiger partial charge in [0.05, 0.1) is 5.71 Å². The largest absolute Gasteiger partial charge is 0.402 e. The first kappa shape index (κ1) is 15.3. The fourth-order valence-electron chi connectivity index (χ4n) is 3.16. The van der Waals surface area contributed by atoms with E-state index in [0.717, 1.165) is 41.9 Å². The molecule has 1 heterocycles.